The molecule has 0 aromatic rings. The molecule has 0 heterocycles. The summed E-state index contributed by atoms with van der Waals surface area (Å²) in [4.78, 5) is 0.699. The summed E-state index contributed by atoms with van der Waals surface area (Å²) in [6.45, 7) is 4.32. The van der Waals surface area contributed by atoms with E-state index < -0.39 is 0 Å². The van der Waals surface area contributed by atoms with Crippen LogP contribution in [0, 0.1) is 0 Å². The molecule has 0 radical (unpaired) electrons. The van der Waals surface area contributed by atoms with Crippen LogP contribution in [0.25, 0.3) is 0 Å². The van der Waals surface area contributed by atoms with Crippen LogP contribution in [0.3, 0.4) is 0 Å². The largest absolute Gasteiger partial charge is 0.0916 e. The van der Waals surface area contributed by atoms with Gasteiger partial charge < -0.3 is 0 Å². The Labute approximate surface area is 79.2 Å². The Morgan fingerprint density at radius 3 is 2.64 bits per heavy atom. The van der Waals surface area contributed by atoms with E-state index in [2.05, 4.69) is 41.9 Å². The summed E-state index contributed by atoms with van der Waals surface area (Å²) in [5, 5.41) is 0. The molecule has 0 aliphatic rings. The first-order valence-electron chi connectivity index (χ1n) is 4.56. The molecule has 0 nitrogen and oxygen atoms in total. The minimum absolute atomic E-state index is 0.699. The van der Waals surface area contributed by atoms with E-state index in [0.29, 0.717) is 4.83 Å². The van der Waals surface area contributed by atoms with Gasteiger partial charge in [0.25, 0.3) is 0 Å². The van der Waals surface area contributed by atoms with Crippen molar-refractivity contribution in [3.8, 4) is 0 Å². The van der Waals surface area contributed by atoms with Gasteiger partial charge >= 0.3 is 0 Å². The number of alkyl halides is 1. The highest BCUT2D eigenvalue weighted by atomic mass is 79.9. The molecule has 0 rings (SSSR count). The van der Waals surface area contributed by atoms with E-state index in [1.54, 1.807) is 0 Å². The summed E-state index contributed by atoms with van der Waals surface area (Å²) in [5.41, 5.74) is 0. The molecule has 1 heteroatoms. The molecule has 1 unspecified atom stereocenters. The summed E-state index contributed by atoms with van der Waals surface area (Å²) in [6.07, 6.45) is 10.9. The van der Waals surface area contributed by atoms with Gasteiger partial charge in [0.15, 0.2) is 0 Å². The van der Waals surface area contributed by atoms with Crippen molar-refractivity contribution in [2.45, 2.75) is 50.8 Å². The Morgan fingerprint density at radius 1 is 1.36 bits per heavy atom. The van der Waals surface area contributed by atoms with Gasteiger partial charge in [-0.3, -0.25) is 0 Å². The molecule has 0 bridgehead atoms. The molecule has 0 aliphatic heterocycles. The predicted molar refractivity (Wildman–Crippen MR) is 56.3 cm³/mol. The zero-order valence-electron chi connectivity index (χ0n) is 7.65. The lowest BCUT2D eigenvalue weighted by atomic mass is 10.1. The number of halogens is 1. The fraction of sp³-hybridized carbons (Fsp3) is 0.800. The lowest BCUT2D eigenvalue weighted by Crippen LogP contribution is -1.94. The second-order valence-corrected chi connectivity index (χ2v) is 4.19. The molecule has 0 aromatic carbocycles. The van der Waals surface area contributed by atoms with Crippen LogP contribution in [0.4, 0.5) is 0 Å². The highest BCUT2D eigenvalue weighted by molar-refractivity contribution is 9.09. The van der Waals surface area contributed by atoms with E-state index in [1.165, 1.54) is 32.1 Å². The summed E-state index contributed by atoms with van der Waals surface area (Å²) < 4.78 is 0. The van der Waals surface area contributed by atoms with Gasteiger partial charge in [-0.2, -0.15) is 0 Å². The van der Waals surface area contributed by atoms with Crippen molar-refractivity contribution in [3.05, 3.63) is 12.2 Å². The van der Waals surface area contributed by atoms with Crippen molar-refractivity contribution in [2.75, 3.05) is 0 Å². The summed E-state index contributed by atoms with van der Waals surface area (Å²) in [5.74, 6) is 0. The maximum Gasteiger partial charge on any atom is 0.0180 e. The lowest BCUT2D eigenvalue weighted by molar-refractivity contribution is 0.652. The number of hydrogen-bond donors (Lipinski definition) is 0. The molecule has 0 saturated carbocycles. The second kappa shape index (κ2) is 8.32. The molecular formula is C10H19Br. The van der Waals surface area contributed by atoms with Crippen molar-refractivity contribution in [2.24, 2.45) is 0 Å². The van der Waals surface area contributed by atoms with Gasteiger partial charge in [-0.1, -0.05) is 54.3 Å². The first-order valence-corrected chi connectivity index (χ1v) is 5.48. The average Bonchev–Trinajstić information content (AvgIpc) is 2.01. The zero-order chi connectivity index (χ0) is 8.53. The van der Waals surface area contributed by atoms with Gasteiger partial charge in [0.1, 0.15) is 0 Å². The highest BCUT2D eigenvalue weighted by Crippen LogP contribution is 2.14. The normalized spacial score (nSPS) is 14.1. The first-order chi connectivity index (χ1) is 5.31. The minimum atomic E-state index is 0.699. The predicted octanol–water partition coefficient (Wildman–Crippen LogP) is 4.30. The number of allylic oxidation sites excluding steroid dienone is 2. The van der Waals surface area contributed by atoms with Crippen molar-refractivity contribution in [1.82, 2.24) is 0 Å². The Balaban J connectivity index is 3.15. The first kappa shape index (κ1) is 11.2. The number of hydrogen-bond acceptors (Lipinski definition) is 0. The maximum absolute atomic E-state index is 3.66. The topological polar surface area (TPSA) is 0 Å². The average molecular weight is 219 g/mol. The molecule has 0 fully saturated rings. The third-order valence-electron chi connectivity index (χ3n) is 1.75. The maximum atomic E-state index is 3.66. The molecule has 0 amide bonds. The monoisotopic (exact) mass is 218 g/mol. The quantitative estimate of drug-likeness (QED) is 0.355. The van der Waals surface area contributed by atoms with Gasteiger partial charge in [0, 0.05) is 4.83 Å². The van der Waals surface area contributed by atoms with Crippen LogP contribution in [0.2, 0.25) is 0 Å². The van der Waals surface area contributed by atoms with Gasteiger partial charge in [-0.05, 0) is 19.8 Å². The van der Waals surface area contributed by atoms with E-state index in [0.717, 1.165) is 0 Å². The number of rotatable bonds is 6. The van der Waals surface area contributed by atoms with Crippen LogP contribution in [-0.4, -0.2) is 4.83 Å². The van der Waals surface area contributed by atoms with Crippen molar-refractivity contribution < 1.29 is 0 Å². The molecule has 0 N–H and O–H groups in total. The van der Waals surface area contributed by atoms with Crippen LogP contribution in [-0.2, 0) is 0 Å². The lowest BCUT2D eigenvalue weighted by Gasteiger charge is -2.04. The third-order valence-corrected chi connectivity index (χ3v) is 2.58. The summed E-state index contributed by atoms with van der Waals surface area (Å²) in [6, 6.07) is 0. The van der Waals surface area contributed by atoms with E-state index in [9.17, 15) is 0 Å². The third kappa shape index (κ3) is 8.12. The molecular weight excluding hydrogens is 200 g/mol. The van der Waals surface area contributed by atoms with E-state index >= 15 is 0 Å². The van der Waals surface area contributed by atoms with Crippen molar-refractivity contribution in [1.29, 1.82) is 0 Å². The van der Waals surface area contributed by atoms with Crippen LogP contribution in [0.1, 0.15) is 46.0 Å². The Bertz CT molecular complexity index is 97.0. The zero-order valence-corrected chi connectivity index (χ0v) is 9.23. The van der Waals surface area contributed by atoms with Crippen molar-refractivity contribution in [3.63, 3.8) is 0 Å². The summed E-state index contributed by atoms with van der Waals surface area (Å²) >= 11 is 3.66. The molecule has 0 spiro atoms. The Morgan fingerprint density at radius 2 is 2.09 bits per heavy atom. The van der Waals surface area contributed by atoms with Gasteiger partial charge in [0.05, 0.1) is 0 Å². The van der Waals surface area contributed by atoms with Gasteiger partial charge in [-0.15, -0.1) is 0 Å². The highest BCUT2D eigenvalue weighted by Gasteiger charge is 1.99. The minimum Gasteiger partial charge on any atom is -0.0916 e. The standard InChI is InChI=1S/C10H19Br/c1-3-5-7-9-10(11)8-6-4-2/h4,6,10H,3,5,7-9H2,1-2H3/b6-4+. The molecule has 66 valence electrons. The Kier molecular flexibility index (Phi) is 8.48. The van der Waals surface area contributed by atoms with Gasteiger partial charge in [0.2, 0.25) is 0 Å². The van der Waals surface area contributed by atoms with E-state index in [4.69, 9.17) is 0 Å². The smallest absolute Gasteiger partial charge is 0.0180 e. The molecule has 0 aliphatic carbocycles. The Hall–Kier alpha value is 0.220. The summed E-state index contributed by atoms with van der Waals surface area (Å²) in [7, 11) is 0. The fourth-order valence-corrected chi connectivity index (χ4v) is 1.56. The SMILES string of the molecule is C/C=C/CC(Br)CCCCC. The number of unbranched alkanes of at least 4 members (excludes halogenated alkanes) is 2. The van der Waals surface area contributed by atoms with Crippen LogP contribution >= 0.6 is 15.9 Å². The molecule has 11 heavy (non-hydrogen) atoms. The van der Waals surface area contributed by atoms with Crippen LogP contribution in [0.5, 0.6) is 0 Å². The molecule has 0 aromatic heterocycles. The fourth-order valence-electron chi connectivity index (χ4n) is 1.02. The van der Waals surface area contributed by atoms with Gasteiger partial charge in [-0.25, -0.2) is 0 Å². The second-order valence-electron chi connectivity index (χ2n) is 2.90. The molecule has 0 saturated heterocycles. The van der Waals surface area contributed by atoms with E-state index in [1.807, 2.05) is 0 Å². The van der Waals surface area contributed by atoms with E-state index in [-0.39, 0.29) is 0 Å². The van der Waals surface area contributed by atoms with Crippen LogP contribution in [0.15, 0.2) is 12.2 Å². The van der Waals surface area contributed by atoms with Crippen molar-refractivity contribution >= 4 is 15.9 Å². The van der Waals surface area contributed by atoms with Crippen LogP contribution < -0.4 is 0 Å². The molecule has 1 atom stereocenters.